The highest BCUT2D eigenvalue weighted by atomic mass is 19.1. The topological polar surface area (TPSA) is 90.5 Å². The van der Waals surface area contributed by atoms with Crippen molar-refractivity contribution in [3.8, 4) is 0 Å². The molecule has 0 radical (unpaired) electrons. The van der Waals surface area contributed by atoms with E-state index in [1.165, 1.54) is 12.1 Å². The molecule has 1 aliphatic heterocycles. The van der Waals surface area contributed by atoms with E-state index in [1.807, 2.05) is 6.92 Å². The number of amides is 1. The van der Waals surface area contributed by atoms with Gasteiger partial charge in [-0.2, -0.15) is 0 Å². The van der Waals surface area contributed by atoms with E-state index in [2.05, 4.69) is 4.98 Å². The van der Waals surface area contributed by atoms with Crippen molar-refractivity contribution >= 4 is 28.6 Å². The van der Waals surface area contributed by atoms with Crippen molar-refractivity contribution < 1.29 is 28.3 Å². The summed E-state index contributed by atoms with van der Waals surface area (Å²) in [5, 5.41) is 9.98. The lowest BCUT2D eigenvalue weighted by Crippen LogP contribution is -2.46. The summed E-state index contributed by atoms with van der Waals surface area (Å²) < 4.78 is 26.8. The minimum atomic E-state index is -1.06. The van der Waals surface area contributed by atoms with Crippen LogP contribution in [0.5, 0.6) is 0 Å². The number of carboxylic acids is 1. The highest BCUT2D eigenvalue weighted by molar-refractivity contribution is 5.95. The van der Waals surface area contributed by atoms with Crippen LogP contribution < -0.4 is 0 Å². The standard InChI is InChI=1S/C31H34F2N2O4/c1-18(17-32)20-3-5-22(6-4-20)30(37)35-13-12-25(21-7-9-24(33)10-8-21)29(35)28(36)15-19-2-11-26-23(14-19)16-27(34-26)31(38)39/h2,7-11,14,16,18,20,22,25,29,34H,3-6,12-13,15,17H2,1H3,(H,38,39)/t18-,20?,22?,25-,29+/m1/s1. The van der Waals surface area contributed by atoms with Crippen LogP contribution in [0.3, 0.4) is 0 Å². The SMILES string of the molecule is C[C@H](CF)C1CCC(C(=O)N2CC[C@H](c3ccc(F)cc3)[C@H]2C(=O)Cc2ccc3[nH]c(C(=O)O)cc3c2)CC1. The molecule has 2 N–H and O–H groups in total. The highest BCUT2D eigenvalue weighted by Gasteiger charge is 2.44. The van der Waals surface area contributed by atoms with Gasteiger partial charge in [0.1, 0.15) is 11.5 Å². The Morgan fingerprint density at radius 1 is 1.03 bits per heavy atom. The van der Waals surface area contributed by atoms with E-state index in [-0.39, 0.29) is 60.0 Å². The number of ketones is 1. The molecule has 0 bridgehead atoms. The number of aromatic nitrogens is 1. The lowest BCUT2D eigenvalue weighted by molar-refractivity contribution is -0.142. The Hall–Kier alpha value is -3.55. The first kappa shape index (κ1) is 27.0. The van der Waals surface area contributed by atoms with Gasteiger partial charge in [-0.25, -0.2) is 9.18 Å². The van der Waals surface area contributed by atoms with E-state index in [0.29, 0.717) is 36.7 Å². The largest absolute Gasteiger partial charge is 0.477 e. The van der Waals surface area contributed by atoms with Crippen molar-refractivity contribution in [3.05, 3.63) is 71.2 Å². The van der Waals surface area contributed by atoms with Crippen molar-refractivity contribution in [2.24, 2.45) is 17.8 Å². The number of rotatable bonds is 8. The molecule has 3 atom stereocenters. The summed E-state index contributed by atoms with van der Waals surface area (Å²) in [7, 11) is 0. The summed E-state index contributed by atoms with van der Waals surface area (Å²) >= 11 is 0. The maximum Gasteiger partial charge on any atom is 0.352 e. The Morgan fingerprint density at radius 2 is 1.74 bits per heavy atom. The third-order valence-corrected chi connectivity index (χ3v) is 8.77. The van der Waals surface area contributed by atoms with Crippen LogP contribution in [0.25, 0.3) is 10.9 Å². The summed E-state index contributed by atoms with van der Waals surface area (Å²) in [5.41, 5.74) is 2.32. The van der Waals surface area contributed by atoms with Crippen LogP contribution in [0.2, 0.25) is 0 Å². The second-order valence-corrected chi connectivity index (χ2v) is 11.2. The molecule has 2 aliphatic rings. The maximum atomic E-state index is 13.9. The van der Waals surface area contributed by atoms with E-state index in [4.69, 9.17) is 0 Å². The Kier molecular flexibility index (Phi) is 7.82. The number of aromatic amines is 1. The number of aromatic carboxylic acids is 1. The Labute approximate surface area is 226 Å². The van der Waals surface area contributed by atoms with Gasteiger partial charge in [0.15, 0.2) is 5.78 Å². The molecule has 2 fully saturated rings. The van der Waals surface area contributed by atoms with Gasteiger partial charge in [0, 0.05) is 35.7 Å². The molecule has 0 unspecified atom stereocenters. The van der Waals surface area contributed by atoms with E-state index >= 15 is 0 Å². The fourth-order valence-electron chi connectivity index (χ4n) is 6.51. The molecular weight excluding hydrogens is 502 g/mol. The van der Waals surface area contributed by atoms with Crippen LogP contribution in [0.15, 0.2) is 48.5 Å². The first-order chi connectivity index (χ1) is 18.7. The molecule has 6 nitrogen and oxygen atoms in total. The van der Waals surface area contributed by atoms with Crippen LogP contribution in [0.4, 0.5) is 8.78 Å². The number of carboxylic acid groups (broad SMARTS) is 1. The van der Waals surface area contributed by atoms with E-state index in [9.17, 15) is 28.3 Å². The van der Waals surface area contributed by atoms with Crippen molar-refractivity contribution in [3.63, 3.8) is 0 Å². The minimum absolute atomic E-state index is 0.00559. The number of H-pyrrole nitrogens is 1. The van der Waals surface area contributed by atoms with Gasteiger partial charge in [-0.05, 0) is 85.4 Å². The van der Waals surface area contributed by atoms with Gasteiger partial charge in [-0.15, -0.1) is 0 Å². The number of alkyl halides is 1. The average Bonchev–Trinajstić information content (AvgIpc) is 3.57. The molecule has 1 saturated carbocycles. The van der Waals surface area contributed by atoms with Crippen LogP contribution in [-0.4, -0.2) is 51.9 Å². The van der Waals surface area contributed by atoms with Crippen molar-refractivity contribution in [2.75, 3.05) is 13.2 Å². The molecular formula is C31H34F2N2O4. The Balaban J connectivity index is 1.38. The summed E-state index contributed by atoms with van der Waals surface area (Å²) in [4.78, 5) is 43.6. The number of nitrogens with zero attached hydrogens (tertiary/aromatic N) is 1. The van der Waals surface area contributed by atoms with E-state index < -0.39 is 12.0 Å². The van der Waals surface area contributed by atoms with Gasteiger partial charge in [0.05, 0.1) is 12.7 Å². The predicted octanol–water partition coefficient (Wildman–Crippen LogP) is 5.91. The third kappa shape index (κ3) is 5.60. The fourth-order valence-corrected chi connectivity index (χ4v) is 6.51. The van der Waals surface area contributed by atoms with Crippen molar-refractivity contribution in [1.82, 2.24) is 9.88 Å². The van der Waals surface area contributed by atoms with Gasteiger partial charge >= 0.3 is 5.97 Å². The van der Waals surface area contributed by atoms with Crippen LogP contribution in [0.1, 0.15) is 66.6 Å². The number of likely N-dealkylation sites (tertiary alicyclic amines) is 1. The smallest absolute Gasteiger partial charge is 0.352 e. The number of carbonyl (C=O) groups is 3. The van der Waals surface area contributed by atoms with Crippen LogP contribution in [0, 0.1) is 23.6 Å². The molecule has 206 valence electrons. The summed E-state index contributed by atoms with van der Waals surface area (Å²) in [6.07, 6.45) is 3.72. The van der Waals surface area contributed by atoms with Gasteiger partial charge in [0.2, 0.25) is 5.91 Å². The second kappa shape index (κ2) is 11.3. The molecule has 1 aliphatic carbocycles. The van der Waals surface area contributed by atoms with Crippen LogP contribution >= 0.6 is 0 Å². The molecule has 39 heavy (non-hydrogen) atoms. The third-order valence-electron chi connectivity index (χ3n) is 8.77. The highest BCUT2D eigenvalue weighted by Crippen LogP contribution is 2.39. The normalized spacial score (nSPS) is 24.1. The first-order valence-corrected chi connectivity index (χ1v) is 13.7. The number of hydrogen-bond acceptors (Lipinski definition) is 3. The molecule has 5 rings (SSSR count). The minimum Gasteiger partial charge on any atom is -0.477 e. The second-order valence-electron chi connectivity index (χ2n) is 11.2. The lowest BCUT2D eigenvalue weighted by atomic mass is 9.76. The van der Waals surface area contributed by atoms with E-state index in [0.717, 1.165) is 24.0 Å². The molecule has 8 heteroatoms. The van der Waals surface area contributed by atoms with Crippen LogP contribution in [-0.2, 0) is 16.0 Å². The predicted molar refractivity (Wildman–Crippen MR) is 144 cm³/mol. The number of carbonyl (C=O) groups excluding carboxylic acids is 2. The number of benzene rings is 2. The van der Waals surface area contributed by atoms with Gasteiger partial charge in [-0.1, -0.05) is 25.1 Å². The maximum absolute atomic E-state index is 13.9. The van der Waals surface area contributed by atoms with E-state index in [1.54, 1.807) is 41.3 Å². The van der Waals surface area contributed by atoms with Crippen molar-refractivity contribution in [1.29, 1.82) is 0 Å². The fraction of sp³-hybridized carbons (Fsp3) is 0.452. The van der Waals surface area contributed by atoms with Gasteiger partial charge in [0.25, 0.3) is 0 Å². The molecule has 1 amide bonds. The average molecular weight is 537 g/mol. The quantitative estimate of drug-likeness (QED) is 0.374. The summed E-state index contributed by atoms with van der Waals surface area (Å²) in [5.74, 6) is -1.66. The monoisotopic (exact) mass is 536 g/mol. The molecule has 1 saturated heterocycles. The van der Waals surface area contributed by atoms with Gasteiger partial charge < -0.3 is 15.0 Å². The molecule has 0 spiro atoms. The van der Waals surface area contributed by atoms with Gasteiger partial charge in [-0.3, -0.25) is 14.0 Å². The Morgan fingerprint density at radius 3 is 2.41 bits per heavy atom. The number of Topliss-reactive ketones (excluding diaryl/α,β-unsaturated/α-hetero) is 1. The summed E-state index contributed by atoms with van der Waals surface area (Å²) in [6.45, 7) is 2.02. The number of nitrogens with one attached hydrogen (secondary N) is 1. The molecule has 1 aromatic heterocycles. The number of fused-ring (bicyclic) bond motifs is 1. The zero-order valence-corrected chi connectivity index (χ0v) is 22.0. The zero-order valence-electron chi connectivity index (χ0n) is 22.0. The molecule has 3 aromatic rings. The molecule has 2 heterocycles. The Bertz CT molecular complexity index is 1360. The van der Waals surface area contributed by atoms with Crippen molar-refractivity contribution in [2.45, 2.75) is 57.4 Å². The summed E-state index contributed by atoms with van der Waals surface area (Å²) in [6, 6.07) is 12.4. The zero-order chi connectivity index (χ0) is 27.7. The first-order valence-electron chi connectivity index (χ1n) is 13.7. The molecule has 2 aromatic carbocycles. The number of hydrogen-bond donors (Lipinski definition) is 2. The lowest BCUT2D eigenvalue weighted by Gasteiger charge is -2.35. The number of halogens is 2.